The Morgan fingerprint density at radius 1 is 1.03 bits per heavy atom. The number of carbonyl (C=O) groups excluding carboxylic acids is 1. The van der Waals surface area contributed by atoms with Crippen LogP contribution in [0, 0.1) is 11.6 Å². The molecule has 0 fully saturated rings. The van der Waals surface area contributed by atoms with Crippen molar-refractivity contribution in [3.05, 3.63) is 76.2 Å². The van der Waals surface area contributed by atoms with E-state index in [1.165, 1.54) is 31.2 Å². The van der Waals surface area contributed by atoms with Crippen molar-refractivity contribution in [2.75, 3.05) is 11.0 Å². The van der Waals surface area contributed by atoms with Gasteiger partial charge in [-0.15, -0.1) is 11.3 Å². The molecule has 33 heavy (non-hydrogen) atoms. The van der Waals surface area contributed by atoms with Crippen molar-refractivity contribution < 1.29 is 35.2 Å². The van der Waals surface area contributed by atoms with E-state index in [1.54, 1.807) is 4.72 Å². The van der Waals surface area contributed by atoms with E-state index in [4.69, 9.17) is 0 Å². The molecule has 3 rings (SSSR count). The van der Waals surface area contributed by atoms with E-state index < -0.39 is 51.0 Å². The van der Waals surface area contributed by atoms with Gasteiger partial charge in [0.2, 0.25) is 10.0 Å². The third kappa shape index (κ3) is 6.08. The van der Waals surface area contributed by atoms with E-state index in [0.29, 0.717) is 10.4 Å². The Balaban J connectivity index is 1.77. The molecule has 3 aromatic rings. The highest BCUT2D eigenvalue weighted by molar-refractivity contribution is 7.92. The van der Waals surface area contributed by atoms with Crippen molar-refractivity contribution in [2.45, 2.75) is 19.1 Å². The summed E-state index contributed by atoms with van der Waals surface area (Å²) < 4.78 is 91.5. The molecule has 12 heteroatoms. The molecule has 0 aliphatic rings. The van der Waals surface area contributed by atoms with E-state index >= 15 is 0 Å². The number of benzene rings is 2. The van der Waals surface area contributed by atoms with Crippen LogP contribution in [0.1, 0.15) is 33.8 Å². The molecule has 5 nitrogen and oxygen atoms in total. The number of amides is 1. The van der Waals surface area contributed by atoms with Crippen LogP contribution in [0.15, 0.2) is 48.5 Å². The first-order valence-electron chi connectivity index (χ1n) is 9.29. The SMILES string of the molecule is C[C@@H](NC(=O)c1ccc(-c2cccc(C(F)(F)F)c2)s1)c1cc(F)c(NS(C)(=O)=O)c(F)c1. The number of sulfonamides is 1. The van der Waals surface area contributed by atoms with Crippen LogP contribution in [0.4, 0.5) is 27.6 Å². The molecule has 0 saturated heterocycles. The van der Waals surface area contributed by atoms with Gasteiger partial charge in [-0.05, 0) is 54.4 Å². The lowest BCUT2D eigenvalue weighted by molar-refractivity contribution is -0.137. The number of carbonyl (C=O) groups is 1. The number of nitrogens with one attached hydrogen (secondary N) is 2. The number of hydrogen-bond donors (Lipinski definition) is 2. The number of thiophene rings is 1. The normalized spacial score (nSPS) is 12.9. The second-order valence-electron chi connectivity index (χ2n) is 7.17. The smallest absolute Gasteiger partial charge is 0.345 e. The van der Waals surface area contributed by atoms with Gasteiger partial charge in [0, 0.05) is 4.88 Å². The van der Waals surface area contributed by atoms with E-state index in [0.717, 1.165) is 41.9 Å². The number of alkyl halides is 3. The zero-order valence-electron chi connectivity index (χ0n) is 17.1. The Morgan fingerprint density at radius 2 is 1.67 bits per heavy atom. The van der Waals surface area contributed by atoms with Crippen LogP contribution in [0.3, 0.4) is 0 Å². The Kier molecular flexibility index (Phi) is 6.80. The first-order chi connectivity index (χ1) is 15.2. The third-order valence-corrected chi connectivity index (χ3v) is 6.21. The standard InChI is InChI=1S/C21H17F5N2O3S2/c1-11(13-9-15(22)19(16(23)10-13)28-33(2,30)31)27-20(29)18-7-6-17(32-18)12-4-3-5-14(8-12)21(24,25)26/h3-11,28H,1-2H3,(H,27,29)/t11-/m1/s1. The maximum atomic E-state index is 14.2. The highest BCUT2D eigenvalue weighted by Gasteiger charge is 2.30. The summed E-state index contributed by atoms with van der Waals surface area (Å²) in [5, 5.41) is 2.55. The topological polar surface area (TPSA) is 75.3 Å². The van der Waals surface area contributed by atoms with Crippen LogP contribution in [-0.4, -0.2) is 20.6 Å². The predicted octanol–water partition coefficient (Wildman–Crippen LogP) is 5.57. The molecule has 176 valence electrons. The fourth-order valence-electron chi connectivity index (χ4n) is 2.94. The third-order valence-electron chi connectivity index (χ3n) is 4.50. The summed E-state index contributed by atoms with van der Waals surface area (Å²) in [6.07, 6.45) is -3.75. The molecule has 0 radical (unpaired) electrons. The summed E-state index contributed by atoms with van der Waals surface area (Å²) in [4.78, 5) is 13.2. The fourth-order valence-corrected chi connectivity index (χ4v) is 4.41. The Morgan fingerprint density at radius 3 is 2.24 bits per heavy atom. The van der Waals surface area contributed by atoms with Gasteiger partial charge in [-0.2, -0.15) is 13.2 Å². The number of rotatable bonds is 6. The maximum Gasteiger partial charge on any atom is 0.416 e. The quantitative estimate of drug-likeness (QED) is 0.431. The van der Waals surface area contributed by atoms with Gasteiger partial charge in [-0.1, -0.05) is 12.1 Å². The zero-order valence-corrected chi connectivity index (χ0v) is 18.8. The minimum atomic E-state index is -4.50. The summed E-state index contributed by atoms with van der Waals surface area (Å²) >= 11 is 0.961. The van der Waals surface area contributed by atoms with E-state index in [1.807, 2.05) is 0 Å². The highest BCUT2D eigenvalue weighted by atomic mass is 32.2. The summed E-state index contributed by atoms with van der Waals surface area (Å²) in [5.74, 6) is -2.90. The van der Waals surface area contributed by atoms with Crippen LogP contribution in [0.5, 0.6) is 0 Å². The molecule has 0 spiro atoms. The molecule has 0 unspecified atom stereocenters. The molecule has 1 atom stereocenters. The molecule has 2 aromatic carbocycles. The van der Waals surface area contributed by atoms with Crippen molar-refractivity contribution in [1.29, 1.82) is 0 Å². The summed E-state index contributed by atoms with van der Waals surface area (Å²) in [6.45, 7) is 1.47. The van der Waals surface area contributed by atoms with Gasteiger partial charge in [-0.3, -0.25) is 9.52 Å². The first kappa shape index (κ1) is 24.6. The number of halogens is 5. The largest absolute Gasteiger partial charge is 0.416 e. The highest BCUT2D eigenvalue weighted by Crippen LogP contribution is 2.34. The molecular formula is C21H17F5N2O3S2. The van der Waals surface area contributed by atoms with E-state index in [-0.39, 0.29) is 10.4 Å². The predicted molar refractivity (Wildman–Crippen MR) is 115 cm³/mol. The van der Waals surface area contributed by atoms with Gasteiger partial charge in [0.15, 0.2) is 11.6 Å². The summed E-state index contributed by atoms with van der Waals surface area (Å²) in [6, 6.07) is 8.55. The number of anilines is 1. The van der Waals surface area contributed by atoms with Crippen LogP contribution in [-0.2, 0) is 16.2 Å². The minimum Gasteiger partial charge on any atom is -0.345 e. The molecule has 0 aliphatic carbocycles. The molecule has 0 aliphatic heterocycles. The van der Waals surface area contributed by atoms with Gasteiger partial charge in [0.25, 0.3) is 5.91 Å². The molecule has 1 amide bonds. The average molecular weight is 505 g/mol. The monoisotopic (exact) mass is 504 g/mol. The second-order valence-corrected chi connectivity index (χ2v) is 10.0. The lowest BCUT2D eigenvalue weighted by Gasteiger charge is -2.16. The van der Waals surface area contributed by atoms with Gasteiger partial charge in [0.1, 0.15) is 5.69 Å². The lowest BCUT2D eigenvalue weighted by Crippen LogP contribution is -2.26. The van der Waals surface area contributed by atoms with E-state index in [9.17, 15) is 35.2 Å². The second kappa shape index (κ2) is 9.10. The molecule has 0 bridgehead atoms. The van der Waals surface area contributed by atoms with Gasteiger partial charge in [0.05, 0.1) is 22.7 Å². The van der Waals surface area contributed by atoms with Gasteiger partial charge < -0.3 is 5.32 Å². The molecule has 2 N–H and O–H groups in total. The van der Waals surface area contributed by atoms with Gasteiger partial charge in [-0.25, -0.2) is 17.2 Å². The zero-order chi connectivity index (χ0) is 24.6. The molecule has 1 aromatic heterocycles. The minimum absolute atomic E-state index is 0.0482. The van der Waals surface area contributed by atoms with Crippen LogP contribution in [0.2, 0.25) is 0 Å². The van der Waals surface area contributed by atoms with Crippen molar-refractivity contribution in [3.63, 3.8) is 0 Å². The van der Waals surface area contributed by atoms with Crippen molar-refractivity contribution in [3.8, 4) is 10.4 Å². The summed E-state index contributed by atoms with van der Waals surface area (Å²) in [5.41, 5.74) is -1.30. The first-order valence-corrected chi connectivity index (χ1v) is 12.0. The average Bonchev–Trinajstić information content (AvgIpc) is 3.20. The van der Waals surface area contributed by atoms with Crippen molar-refractivity contribution in [1.82, 2.24) is 5.32 Å². The van der Waals surface area contributed by atoms with Crippen LogP contribution in [0.25, 0.3) is 10.4 Å². The van der Waals surface area contributed by atoms with Gasteiger partial charge >= 0.3 is 6.18 Å². The van der Waals surface area contributed by atoms with Crippen molar-refractivity contribution >= 4 is 33.0 Å². The number of hydrogen-bond acceptors (Lipinski definition) is 4. The lowest BCUT2D eigenvalue weighted by atomic mass is 10.1. The Bertz CT molecular complexity index is 1280. The van der Waals surface area contributed by atoms with Crippen LogP contribution < -0.4 is 10.0 Å². The van der Waals surface area contributed by atoms with Crippen molar-refractivity contribution in [2.24, 2.45) is 0 Å². The van der Waals surface area contributed by atoms with Crippen LogP contribution >= 0.6 is 11.3 Å². The molecule has 1 heterocycles. The molecule has 0 saturated carbocycles. The Hall–Kier alpha value is -2.99. The molecular weight excluding hydrogens is 487 g/mol. The maximum absolute atomic E-state index is 14.2. The Labute approximate surface area is 190 Å². The fraction of sp³-hybridized carbons (Fsp3) is 0.190. The van der Waals surface area contributed by atoms with E-state index in [2.05, 4.69) is 5.32 Å². The summed E-state index contributed by atoms with van der Waals surface area (Å²) in [7, 11) is -3.90.